The molecule has 1 aliphatic heterocycles. The lowest BCUT2D eigenvalue weighted by molar-refractivity contribution is 0.0445. The van der Waals surface area contributed by atoms with Crippen molar-refractivity contribution in [1.29, 1.82) is 0 Å². The second kappa shape index (κ2) is 5.23. The number of rotatable bonds is 4. The molecule has 1 saturated heterocycles. The monoisotopic (exact) mass is 241 g/mol. The van der Waals surface area contributed by atoms with E-state index in [1.165, 1.54) is 0 Å². The molecule has 1 fully saturated rings. The van der Waals surface area contributed by atoms with Crippen LogP contribution in [-0.4, -0.2) is 23.7 Å². The molecule has 1 aromatic rings. The third-order valence-corrected chi connectivity index (χ3v) is 3.99. The van der Waals surface area contributed by atoms with Crippen LogP contribution in [0, 0.1) is 0 Å². The standard InChI is InChI=1S/C11H19N3OS/c1-11(2-4-15-5-3-11)13-7-9-8-16-10(6-12)14-9/h8,13H,2-7,12H2,1H3. The molecule has 16 heavy (non-hydrogen) atoms. The summed E-state index contributed by atoms with van der Waals surface area (Å²) in [5, 5.41) is 6.66. The molecule has 4 nitrogen and oxygen atoms in total. The molecule has 90 valence electrons. The highest BCUT2D eigenvalue weighted by atomic mass is 32.1. The van der Waals surface area contributed by atoms with Gasteiger partial charge in [-0.15, -0.1) is 11.3 Å². The van der Waals surface area contributed by atoms with Crippen LogP contribution in [0.1, 0.15) is 30.5 Å². The van der Waals surface area contributed by atoms with Gasteiger partial charge in [0.25, 0.3) is 0 Å². The smallest absolute Gasteiger partial charge is 0.106 e. The molecule has 0 spiro atoms. The second-order valence-corrected chi connectivity index (χ2v) is 5.41. The van der Waals surface area contributed by atoms with Crippen LogP contribution in [0.15, 0.2) is 5.38 Å². The maximum absolute atomic E-state index is 5.54. The molecule has 1 aromatic heterocycles. The maximum atomic E-state index is 5.54. The second-order valence-electron chi connectivity index (χ2n) is 4.46. The first kappa shape index (κ1) is 12.0. The van der Waals surface area contributed by atoms with Gasteiger partial charge >= 0.3 is 0 Å². The highest BCUT2D eigenvalue weighted by molar-refractivity contribution is 7.09. The lowest BCUT2D eigenvalue weighted by Crippen LogP contribution is -2.46. The van der Waals surface area contributed by atoms with E-state index in [1.807, 2.05) is 0 Å². The zero-order valence-electron chi connectivity index (χ0n) is 9.66. The third kappa shape index (κ3) is 3.01. The molecule has 0 amide bonds. The number of thiazole rings is 1. The van der Waals surface area contributed by atoms with Gasteiger partial charge in [-0.05, 0) is 19.8 Å². The third-order valence-electron chi connectivity index (χ3n) is 3.07. The zero-order valence-corrected chi connectivity index (χ0v) is 10.5. The van der Waals surface area contributed by atoms with E-state index < -0.39 is 0 Å². The summed E-state index contributed by atoms with van der Waals surface area (Å²) in [7, 11) is 0. The summed E-state index contributed by atoms with van der Waals surface area (Å²) in [6, 6.07) is 0. The average Bonchev–Trinajstić information content (AvgIpc) is 2.75. The highest BCUT2D eigenvalue weighted by Crippen LogP contribution is 2.20. The van der Waals surface area contributed by atoms with E-state index in [0.29, 0.717) is 6.54 Å². The molecule has 3 N–H and O–H groups in total. The molecule has 0 unspecified atom stereocenters. The van der Waals surface area contributed by atoms with Crippen molar-refractivity contribution in [2.75, 3.05) is 13.2 Å². The molecule has 5 heteroatoms. The number of hydrogen-bond acceptors (Lipinski definition) is 5. The minimum Gasteiger partial charge on any atom is -0.381 e. The van der Waals surface area contributed by atoms with Crippen LogP contribution in [0.5, 0.6) is 0 Å². The van der Waals surface area contributed by atoms with Gasteiger partial charge < -0.3 is 15.8 Å². The quantitative estimate of drug-likeness (QED) is 0.833. The number of ether oxygens (including phenoxy) is 1. The van der Waals surface area contributed by atoms with Crippen molar-refractivity contribution in [2.45, 2.75) is 38.4 Å². The molecule has 0 atom stereocenters. The fourth-order valence-electron chi connectivity index (χ4n) is 1.83. The van der Waals surface area contributed by atoms with Crippen molar-refractivity contribution < 1.29 is 4.74 Å². The van der Waals surface area contributed by atoms with E-state index in [9.17, 15) is 0 Å². The fraction of sp³-hybridized carbons (Fsp3) is 0.727. The van der Waals surface area contributed by atoms with E-state index >= 15 is 0 Å². The lowest BCUT2D eigenvalue weighted by atomic mass is 9.92. The Hall–Kier alpha value is -0.490. The summed E-state index contributed by atoms with van der Waals surface area (Å²) in [5.74, 6) is 0. The molecule has 1 aliphatic rings. The van der Waals surface area contributed by atoms with Crippen molar-refractivity contribution in [3.8, 4) is 0 Å². The van der Waals surface area contributed by atoms with Gasteiger partial charge in [0.15, 0.2) is 0 Å². The Kier molecular flexibility index (Phi) is 3.91. The molecule has 0 radical (unpaired) electrons. The molecule has 2 heterocycles. The van der Waals surface area contributed by atoms with Crippen LogP contribution in [0.3, 0.4) is 0 Å². The molecule has 0 saturated carbocycles. The Morgan fingerprint density at radius 1 is 1.56 bits per heavy atom. The fourth-order valence-corrected chi connectivity index (χ4v) is 2.50. The van der Waals surface area contributed by atoms with Crippen LogP contribution >= 0.6 is 11.3 Å². The van der Waals surface area contributed by atoms with Crippen LogP contribution < -0.4 is 11.1 Å². The Balaban J connectivity index is 1.86. The molecule has 2 rings (SSSR count). The number of aromatic nitrogens is 1. The predicted molar refractivity (Wildman–Crippen MR) is 65.3 cm³/mol. The van der Waals surface area contributed by atoms with Crippen LogP contribution in [0.4, 0.5) is 0 Å². The average molecular weight is 241 g/mol. The zero-order chi connectivity index (χ0) is 11.4. The molecular formula is C11H19N3OS. The summed E-state index contributed by atoms with van der Waals surface area (Å²) in [6.45, 7) is 5.33. The Bertz CT molecular complexity index is 334. The molecular weight excluding hydrogens is 222 g/mol. The van der Waals surface area contributed by atoms with E-state index in [1.54, 1.807) is 11.3 Å². The normalized spacial score (nSPS) is 19.9. The Morgan fingerprint density at radius 2 is 2.31 bits per heavy atom. The van der Waals surface area contributed by atoms with Gasteiger partial charge in [0.1, 0.15) is 5.01 Å². The number of nitrogens with one attached hydrogen (secondary N) is 1. The van der Waals surface area contributed by atoms with Crippen molar-refractivity contribution >= 4 is 11.3 Å². The van der Waals surface area contributed by atoms with Gasteiger partial charge in [0, 0.05) is 37.2 Å². The highest BCUT2D eigenvalue weighted by Gasteiger charge is 2.26. The molecule has 0 aliphatic carbocycles. The van der Waals surface area contributed by atoms with Crippen molar-refractivity contribution in [3.05, 3.63) is 16.1 Å². The topological polar surface area (TPSA) is 60.2 Å². The predicted octanol–water partition coefficient (Wildman–Crippen LogP) is 1.26. The first-order valence-electron chi connectivity index (χ1n) is 5.68. The first-order chi connectivity index (χ1) is 7.72. The lowest BCUT2D eigenvalue weighted by Gasteiger charge is -2.34. The molecule has 0 aromatic carbocycles. The van der Waals surface area contributed by atoms with Gasteiger partial charge in [0.05, 0.1) is 5.69 Å². The SMILES string of the molecule is CC1(NCc2csc(CN)n2)CCOCC1. The molecule has 0 bridgehead atoms. The summed E-state index contributed by atoms with van der Waals surface area (Å²) in [5.41, 5.74) is 6.83. The number of nitrogens with zero attached hydrogens (tertiary/aromatic N) is 1. The van der Waals surface area contributed by atoms with Gasteiger partial charge in [-0.1, -0.05) is 0 Å². The minimum absolute atomic E-state index is 0.199. The van der Waals surface area contributed by atoms with E-state index in [2.05, 4.69) is 22.6 Å². The first-order valence-corrected chi connectivity index (χ1v) is 6.56. The largest absolute Gasteiger partial charge is 0.381 e. The van der Waals surface area contributed by atoms with Crippen molar-refractivity contribution in [2.24, 2.45) is 5.73 Å². The minimum atomic E-state index is 0.199. The van der Waals surface area contributed by atoms with Crippen molar-refractivity contribution in [3.63, 3.8) is 0 Å². The summed E-state index contributed by atoms with van der Waals surface area (Å²) < 4.78 is 5.37. The van der Waals surface area contributed by atoms with Gasteiger partial charge in [-0.3, -0.25) is 0 Å². The summed E-state index contributed by atoms with van der Waals surface area (Å²) in [6.07, 6.45) is 2.14. The van der Waals surface area contributed by atoms with Crippen LogP contribution in [0.25, 0.3) is 0 Å². The summed E-state index contributed by atoms with van der Waals surface area (Å²) in [4.78, 5) is 4.44. The van der Waals surface area contributed by atoms with E-state index in [-0.39, 0.29) is 5.54 Å². The van der Waals surface area contributed by atoms with Crippen LogP contribution in [0.2, 0.25) is 0 Å². The number of hydrogen-bond donors (Lipinski definition) is 2. The maximum Gasteiger partial charge on any atom is 0.106 e. The van der Waals surface area contributed by atoms with Gasteiger partial charge in [-0.25, -0.2) is 4.98 Å². The Morgan fingerprint density at radius 3 is 2.94 bits per heavy atom. The van der Waals surface area contributed by atoms with E-state index in [0.717, 1.165) is 43.3 Å². The Labute approximate surface area is 100 Å². The van der Waals surface area contributed by atoms with Gasteiger partial charge in [0.2, 0.25) is 0 Å². The van der Waals surface area contributed by atoms with Crippen LogP contribution in [-0.2, 0) is 17.8 Å². The number of nitrogens with two attached hydrogens (primary N) is 1. The summed E-state index contributed by atoms with van der Waals surface area (Å²) >= 11 is 1.63. The van der Waals surface area contributed by atoms with E-state index in [4.69, 9.17) is 10.5 Å². The van der Waals surface area contributed by atoms with Crippen molar-refractivity contribution in [1.82, 2.24) is 10.3 Å². The van der Waals surface area contributed by atoms with Gasteiger partial charge in [-0.2, -0.15) is 0 Å².